The molecule has 2 aromatic heterocycles. The second-order valence-electron chi connectivity index (χ2n) is 2.28. The van der Waals surface area contributed by atoms with Crippen LogP contribution >= 0.6 is 0 Å². The van der Waals surface area contributed by atoms with E-state index in [9.17, 15) is 0 Å². The van der Waals surface area contributed by atoms with Crippen molar-refractivity contribution >= 4 is 5.95 Å². The van der Waals surface area contributed by atoms with E-state index >= 15 is 0 Å². The summed E-state index contributed by atoms with van der Waals surface area (Å²) >= 11 is 0. The first-order valence-corrected chi connectivity index (χ1v) is 3.30. The summed E-state index contributed by atoms with van der Waals surface area (Å²) in [6, 6.07) is 1.95. The van der Waals surface area contributed by atoms with E-state index in [0.29, 0.717) is 5.95 Å². The molecule has 4 nitrogen and oxygen atoms in total. The first kappa shape index (κ1) is 6.03. The van der Waals surface area contributed by atoms with Gasteiger partial charge in [-0.2, -0.15) is 0 Å². The molecule has 0 aliphatic rings. The average Bonchev–Trinajstić information content (AvgIpc) is 2.55. The molecule has 0 spiro atoms. The summed E-state index contributed by atoms with van der Waals surface area (Å²) in [6.45, 7) is 0. The van der Waals surface area contributed by atoms with E-state index in [1.807, 2.05) is 18.5 Å². The summed E-state index contributed by atoms with van der Waals surface area (Å²) in [7, 11) is 0. The molecule has 0 fully saturated rings. The number of hydrogen-bond donors (Lipinski definition) is 3. The van der Waals surface area contributed by atoms with E-state index in [-0.39, 0.29) is 0 Å². The Hall–Kier alpha value is -1.71. The van der Waals surface area contributed by atoms with Crippen molar-refractivity contribution in [2.75, 3.05) is 5.73 Å². The highest BCUT2D eigenvalue weighted by Gasteiger charge is 1.99. The Kier molecular flexibility index (Phi) is 1.18. The quantitative estimate of drug-likeness (QED) is 0.564. The summed E-state index contributed by atoms with van der Waals surface area (Å²) in [5, 5.41) is 0. The van der Waals surface area contributed by atoms with Crippen molar-refractivity contribution < 1.29 is 0 Å². The lowest BCUT2D eigenvalue weighted by atomic mass is 10.3. The molecule has 0 radical (unpaired) electrons. The molecular formula is C7H8N4. The first-order chi connectivity index (χ1) is 5.36. The zero-order valence-corrected chi connectivity index (χ0v) is 5.83. The monoisotopic (exact) mass is 148 g/mol. The van der Waals surface area contributed by atoms with Crippen LogP contribution in [0.15, 0.2) is 24.7 Å². The smallest absolute Gasteiger partial charge is 0.197 e. The van der Waals surface area contributed by atoms with Crippen molar-refractivity contribution in [2.45, 2.75) is 0 Å². The minimum Gasteiger partial charge on any atom is -0.369 e. The van der Waals surface area contributed by atoms with Gasteiger partial charge in [0.05, 0.1) is 11.9 Å². The normalized spacial score (nSPS) is 10.2. The number of rotatable bonds is 1. The number of nitrogens with zero attached hydrogens (tertiary/aromatic N) is 1. The van der Waals surface area contributed by atoms with Crippen LogP contribution in [0.5, 0.6) is 0 Å². The maximum absolute atomic E-state index is 5.41. The van der Waals surface area contributed by atoms with E-state index < -0.39 is 0 Å². The van der Waals surface area contributed by atoms with E-state index in [1.165, 1.54) is 0 Å². The van der Waals surface area contributed by atoms with Crippen LogP contribution in [0.3, 0.4) is 0 Å². The number of anilines is 1. The van der Waals surface area contributed by atoms with Crippen LogP contribution in [0.25, 0.3) is 11.3 Å². The molecule has 0 bridgehead atoms. The van der Waals surface area contributed by atoms with Crippen LogP contribution in [0, 0.1) is 0 Å². The lowest BCUT2D eigenvalue weighted by Gasteiger charge is -1.87. The van der Waals surface area contributed by atoms with Crippen molar-refractivity contribution in [1.82, 2.24) is 15.0 Å². The minimum absolute atomic E-state index is 0.446. The predicted molar refractivity (Wildman–Crippen MR) is 42.8 cm³/mol. The fourth-order valence-corrected chi connectivity index (χ4v) is 0.975. The molecule has 2 rings (SSSR count). The summed E-state index contributed by atoms with van der Waals surface area (Å²) in [5.74, 6) is 0.446. The third-order valence-corrected chi connectivity index (χ3v) is 1.50. The van der Waals surface area contributed by atoms with Gasteiger partial charge in [0.25, 0.3) is 0 Å². The maximum atomic E-state index is 5.41. The van der Waals surface area contributed by atoms with Gasteiger partial charge in [-0.1, -0.05) is 0 Å². The van der Waals surface area contributed by atoms with Gasteiger partial charge in [-0.05, 0) is 6.07 Å². The van der Waals surface area contributed by atoms with Gasteiger partial charge in [0.1, 0.15) is 0 Å². The van der Waals surface area contributed by atoms with Crippen LogP contribution in [-0.4, -0.2) is 15.0 Å². The summed E-state index contributed by atoms with van der Waals surface area (Å²) in [6.07, 6.45) is 5.44. The van der Waals surface area contributed by atoms with E-state index in [2.05, 4.69) is 15.0 Å². The van der Waals surface area contributed by atoms with Crippen LogP contribution < -0.4 is 5.73 Å². The van der Waals surface area contributed by atoms with Crippen LogP contribution in [0.4, 0.5) is 5.95 Å². The molecule has 56 valence electrons. The number of hydrogen-bond acceptors (Lipinski definition) is 2. The standard InChI is InChI=1S/C7H8N4/c8-7-10-4-6(11-7)5-1-2-9-3-5/h1-4,9H,(H3,8,10,11). The molecule has 0 aliphatic heterocycles. The molecule has 0 aliphatic carbocycles. The predicted octanol–water partition coefficient (Wildman–Crippen LogP) is 0.987. The van der Waals surface area contributed by atoms with Gasteiger partial charge in [0.15, 0.2) is 5.95 Å². The Morgan fingerprint density at radius 2 is 2.36 bits per heavy atom. The summed E-state index contributed by atoms with van der Waals surface area (Å²) in [4.78, 5) is 9.75. The van der Waals surface area contributed by atoms with Crippen LogP contribution in [0.1, 0.15) is 0 Å². The van der Waals surface area contributed by atoms with Gasteiger partial charge in [-0.25, -0.2) is 4.98 Å². The van der Waals surface area contributed by atoms with E-state index in [0.717, 1.165) is 11.3 Å². The van der Waals surface area contributed by atoms with E-state index in [1.54, 1.807) is 6.20 Å². The zero-order chi connectivity index (χ0) is 7.68. The molecule has 0 saturated carbocycles. The molecule has 0 aromatic carbocycles. The van der Waals surface area contributed by atoms with Crippen molar-refractivity contribution in [1.29, 1.82) is 0 Å². The van der Waals surface area contributed by atoms with Gasteiger partial charge >= 0.3 is 0 Å². The zero-order valence-electron chi connectivity index (χ0n) is 5.83. The minimum atomic E-state index is 0.446. The summed E-state index contributed by atoms with van der Waals surface area (Å²) < 4.78 is 0. The average molecular weight is 148 g/mol. The fourth-order valence-electron chi connectivity index (χ4n) is 0.975. The number of H-pyrrole nitrogens is 2. The lowest BCUT2D eigenvalue weighted by molar-refractivity contribution is 1.33. The van der Waals surface area contributed by atoms with Crippen molar-refractivity contribution in [3.63, 3.8) is 0 Å². The second-order valence-corrected chi connectivity index (χ2v) is 2.28. The molecule has 0 unspecified atom stereocenters. The highest BCUT2D eigenvalue weighted by molar-refractivity contribution is 5.58. The third kappa shape index (κ3) is 0.980. The molecule has 2 aromatic rings. The Labute approximate surface area is 63.5 Å². The molecule has 2 heterocycles. The number of imidazole rings is 1. The number of nitrogen functional groups attached to an aromatic ring is 1. The SMILES string of the molecule is Nc1ncc(-c2cc[nH]c2)[nH]1. The van der Waals surface area contributed by atoms with Gasteiger partial charge < -0.3 is 15.7 Å². The molecule has 4 N–H and O–H groups in total. The maximum Gasteiger partial charge on any atom is 0.197 e. The fraction of sp³-hybridized carbons (Fsp3) is 0. The Balaban J connectivity index is 2.45. The topological polar surface area (TPSA) is 70.5 Å². The number of aromatic amines is 2. The van der Waals surface area contributed by atoms with E-state index in [4.69, 9.17) is 5.73 Å². The van der Waals surface area contributed by atoms with Gasteiger partial charge in [0.2, 0.25) is 0 Å². The lowest BCUT2D eigenvalue weighted by Crippen LogP contribution is -1.84. The van der Waals surface area contributed by atoms with Crippen LogP contribution in [-0.2, 0) is 0 Å². The molecule has 4 heteroatoms. The van der Waals surface area contributed by atoms with Gasteiger partial charge in [0, 0.05) is 18.0 Å². The second kappa shape index (κ2) is 2.16. The van der Waals surface area contributed by atoms with Crippen molar-refractivity contribution in [3.05, 3.63) is 24.7 Å². The molecule has 0 saturated heterocycles. The van der Waals surface area contributed by atoms with Gasteiger partial charge in [-0.15, -0.1) is 0 Å². The van der Waals surface area contributed by atoms with Gasteiger partial charge in [-0.3, -0.25) is 0 Å². The summed E-state index contributed by atoms with van der Waals surface area (Å²) in [5.41, 5.74) is 7.41. The van der Waals surface area contributed by atoms with Crippen LogP contribution in [0.2, 0.25) is 0 Å². The number of nitrogens with two attached hydrogens (primary N) is 1. The number of aromatic nitrogens is 3. The Bertz CT molecular complexity index is 333. The Morgan fingerprint density at radius 1 is 1.45 bits per heavy atom. The Morgan fingerprint density at radius 3 is 2.91 bits per heavy atom. The molecular weight excluding hydrogens is 140 g/mol. The third-order valence-electron chi connectivity index (χ3n) is 1.50. The first-order valence-electron chi connectivity index (χ1n) is 3.30. The van der Waals surface area contributed by atoms with Crippen molar-refractivity contribution in [3.8, 4) is 11.3 Å². The van der Waals surface area contributed by atoms with Crippen molar-refractivity contribution in [2.24, 2.45) is 0 Å². The molecule has 0 amide bonds. The molecule has 0 atom stereocenters. The number of nitrogens with one attached hydrogen (secondary N) is 2. The highest BCUT2D eigenvalue weighted by atomic mass is 15.0. The highest BCUT2D eigenvalue weighted by Crippen LogP contribution is 2.15. The largest absolute Gasteiger partial charge is 0.369 e. The molecule has 11 heavy (non-hydrogen) atoms.